The SMILES string of the molecule is CCOP(=O)(OCC)C(CC(=O)OC1(c2ccc(C(F)(F)F)cc2)CCC1)C(=O)OC. The number of carbonyl (C=O) groups excluding carboxylic acids is 2. The summed E-state index contributed by atoms with van der Waals surface area (Å²) in [6.07, 6.45) is -3.55. The van der Waals surface area contributed by atoms with E-state index in [2.05, 4.69) is 4.74 Å². The van der Waals surface area contributed by atoms with Crippen LogP contribution >= 0.6 is 7.60 Å². The number of benzene rings is 1. The zero-order chi connectivity index (χ0) is 23.3. The van der Waals surface area contributed by atoms with Gasteiger partial charge in [-0.25, -0.2) is 0 Å². The van der Waals surface area contributed by atoms with Crippen molar-refractivity contribution in [2.75, 3.05) is 20.3 Å². The molecule has 11 heteroatoms. The van der Waals surface area contributed by atoms with Gasteiger partial charge in [0.25, 0.3) is 0 Å². The van der Waals surface area contributed by atoms with Gasteiger partial charge >= 0.3 is 25.7 Å². The molecule has 0 bridgehead atoms. The summed E-state index contributed by atoms with van der Waals surface area (Å²) in [5, 5.41) is 0. The second-order valence-electron chi connectivity index (χ2n) is 7.02. The molecule has 31 heavy (non-hydrogen) atoms. The van der Waals surface area contributed by atoms with Crippen LogP contribution in [-0.2, 0) is 44.5 Å². The molecule has 0 aliphatic heterocycles. The maximum Gasteiger partial charge on any atom is 0.416 e. The number of methoxy groups -OCH3 is 1. The zero-order valence-corrected chi connectivity index (χ0v) is 18.5. The van der Waals surface area contributed by atoms with Gasteiger partial charge in [-0.2, -0.15) is 13.2 Å². The molecule has 0 amide bonds. The van der Waals surface area contributed by atoms with Gasteiger partial charge in [0.05, 0.1) is 32.3 Å². The van der Waals surface area contributed by atoms with E-state index in [4.69, 9.17) is 13.8 Å². The highest BCUT2D eigenvalue weighted by molar-refractivity contribution is 7.55. The lowest BCUT2D eigenvalue weighted by molar-refractivity contribution is -0.173. The van der Waals surface area contributed by atoms with E-state index in [0.717, 1.165) is 19.2 Å². The van der Waals surface area contributed by atoms with E-state index < -0.39 is 49.0 Å². The topological polar surface area (TPSA) is 88.1 Å². The number of rotatable bonds is 10. The zero-order valence-electron chi connectivity index (χ0n) is 17.6. The maximum absolute atomic E-state index is 13.0. The molecule has 0 aromatic heterocycles. The molecule has 0 heterocycles. The second-order valence-corrected chi connectivity index (χ2v) is 9.23. The summed E-state index contributed by atoms with van der Waals surface area (Å²) >= 11 is 0. The lowest BCUT2D eigenvalue weighted by Crippen LogP contribution is -2.40. The van der Waals surface area contributed by atoms with Crippen molar-refractivity contribution in [1.82, 2.24) is 0 Å². The molecule has 0 saturated heterocycles. The average molecular weight is 466 g/mol. The Balaban J connectivity index is 2.22. The Morgan fingerprint density at radius 3 is 2.03 bits per heavy atom. The van der Waals surface area contributed by atoms with Crippen LogP contribution in [0.2, 0.25) is 0 Å². The summed E-state index contributed by atoms with van der Waals surface area (Å²) in [5.41, 5.74) is -3.00. The van der Waals surface area contributed by atoms with Crippen LogP contribution in [-0.4, -0.2) is 37.9 Å². The predicted octanol–water partition coefficient (Wildman–Crippen LogP) is 4.83. The summed E-state index contributed by atoms with van der Waals surface area (Å²) < 4.78 is 72.2. The van der Waals surface area contributed by atoms with E-state index >= 15 is 0 Å². The van der Waals surface area contributed by atoms with Gasteiger partial charge in [0.2, 0.25) is 0 Å². The van der Waals surface area contributed by atoms with E-state index in [1.54, 1.807) is 13.8 Å². The Hall–Kier alpha value is -1.90. The highest BCUT2D eigenvalue weighted by Crippen LogP contribution is 2.55. The predicted molar refractivity (Wildman–Crippen MR) is 104 cm³/mol. The molecule has 1 aromatic carbocycles. The first-order valence-electron chi connectivity index (χ1n) is 9.87. The van der Waals surface area contributed by atoms with Crippen LogP contribution in [0.1, 0.15) is 50.7 Å². The number of carbonyl (C=O) groups is 2. The van der Waals surface area contributed by atoms with Gasteiger partial charge in [-0.15, -0.1) is 0 Å². The highest BCUT2D eigenvalue weighted by Gasteiger charge is 2.47. The Morgan fingerprint density at radius 1 is 1.10 bits per heavy atom. The average Bonchev–Trinajstić information content (AvgIpc) is 2.68. The Labute approximate surface area is 178 Å². The molecule has 0 radical (unpaired) electrons. The monoisotopic (exact) mass is 466 g/mol. The minimum absolute atomic E-state index is 0.0185. The first kappa shape index (κ1) is 25.4. The van der Waals surface area contributed by atoms with Gasteiger partial charge in [0, 0.05) is 0 Å². The van der Waals surface area contributed by atoms with Crippen molar-refractivity contribution in [3.05, 3.63) is 35.4 Å². The fraction of sp³-hybridized carbons (Fsp3) is 0.600. The Morgan fingerprint density at radius 2 is 1.65 bits per heavy atom. The third-order valence-corrected chi connectivity index (χ3v) is 7.43. The van der Waals surface area contributed by atoms with Gasteiger partial charge in [-0.3, -0.25) is 14.2 Å². The molecule has 1 fully saturated rings. The molecule has 1 aromatic rings. The molecule has 7 nitrogen and oxygen atoms in total. The van der Waals surface area contributed by atoms with E-state index in [0.29, 0.717) is 24.8 Å². The Bertz CT molecular complexity index is 809. The van der Waals surface area contributed by atoms with Gasteiger partial charge in [-0.1, -0.05) is 12.1 Å². The molecule has 2 rings (SSSR count). The molecule has 1 unspecified atom stereocenters. The van der Waals surface area contributed by atoms with Crippen molar-refractivity contribution in [3.63, 3.8) is 0 Å². The van der Waals surface area contributed by atoms with Crippen LogP contribution in [0.15, 0.2) is 24.3 Å². The van der Waals surface area contributed by atoms with E-state index in [1.807, 2.05) is 0 Å². The third-order valence-electron chi connectivity index (χ3n) is 5.04. The van der Waals surface area contributed by atoms with E-state index in [-0.39, 0.29) is 13.2 Å². The second kappa shape index (κ2) is 10.1. The summed E-state index contributed by atoms with van der Waals surface area (Å²) in [7, 11) is -2.93. The number of halogens is 3. The number of alkyl halides is 3. The normalized spacial score (nSPS) is 16.8. The van der Waals surface area contributed by atoms with Crippen LogP contribution in [0.25, 0.3) is 0 Å². The van der Waals surface area contributed by atoms with E-state index in [9.17, 15) is 27.3 Å². The van der Waals surface area contributed by atoms with Crippen LogP contribution in [0.4, 0.5) is 13.2 Å². The molecular weight excluding hydrogens is 440 g/mol. The van der Waals surface area contributed by atoms with Gasteiger partial charge in [0.1, 0.15) is 5.60 Å². The number of esters is 2. The van der Waals surface area contributed by atoms with Crippen molar-refractivity contribution in [2.45, 2.75) is 57.0 Å². The summed E-state index contributed by atoms with van der Waals surface area (Å²) in [4.78, 5) is 24.9. The van der Waals surface area contributed by atoms with Crippen LogP contribution in [0.3, 0.4) is 0 Å². The maximum atomic E-state index is 13.0. The van der Waals surface area contributed by atoms with Crippen molar-refractivity contribution in [2.24, 2.45) is 0 Å². The number of hydrogen-bond donors (Lipinski definition) is 0. The minimum atomic E-state index is -4.48. The van der Waals surface area contributed by atoms with Crippen LogP contribution in [0.5, 0.6) is 0 Å². The van der Waals surface area contributed by atoms with Crippen molar-refractivity contribution >= 4 is 19.5 Å². The van der Waals surface area contributed by atoms with Crippen molar-refractivity contribution < 1.29 is 45.8 Å². The molecule has 0 N–H and O–H groups in total. The third kappa shape index (κ3) is 5.87. The molecule has 1 aliphatic rings. The molecule has 1 atom stereocenters. The lowest BCUT2D eigenvalue weighted by atomic mass is 9.74. The first-order valence-corrected chi connectivity index (χ1v) is 11.5. The standard InChI is InChI=1S/C20H26F3O7P/c1-4-28-31(26,29-5-2)16(18(25)27-3)13-17(24)30-19(11-6-12-19)14-7-9-15(10-8-14)20(21,22)23/h7-10,16H,4-6,11-13H2,1-3H3. The minimum Gasteiger partial charge on any atom is -0.468 e. The van der Waals surface area contributed by atoms with Crippen molar-refractivity contribution in [3.8, 4) is 0 Å². The first-order chi connectivity index (χ1) is 14.5. The summed E-state index contributed by atoms with van der Waals surface area (Å²) in [6.45, 7) is 3.09. The van der Waals surface area contributed by atoms with Gasteiger partial charge < -0.3 is 18.5 Å². The molecule has 1 saturated carbocycles. The van der Waals surface area contributed by atoms with Crippen LogP contribution < -0.4 is 0 Å². The van der Waals surface area contributed by atoms with Gasteiger partial charge in [0.15, 0.2) is 5.66 Å². The van der Waals surface area contributed by atoms with Crippen molar-refractivity contribution in [1.29, 1.82) is 0 Å². The van der Waals surface area contributed by atoms with E-state index in [1.165, 1.54) is 12.1 Å². The van der Waals surface area contributed by atoms with Crippen LogP contribution in [0, 0.1) is 0 Å². The smallest absolute Gasteiger partial charge is 0.416 e. The lowest BCUT2D eigenvalue weighted by Gasteiger charge is -2.41. The molecule has 174 valence electrons. The Kier molecular flexibility index (Phi) is 8.30. The fourth-order valence-electron chi connectivity index (χ4n) is 3.37. The van der Waals surface area contributed by atoms with Gasteiger partial charge in [-0.05, 0) is 50.8 Å². The summed E-state index contributed by atoms with van der Waals surface area (Å²) in [5.74, 6) is -1.80. The largest absolute Gasteiger partial charge is 0.468 e. The fourth-order valence-corrected chi connectivity index (χ4v) is 5.26. The number of hydrogen-bond acceptors (Lipinski definition) is 7. The molecule has 0 spiro atoms. The molecule has 1 aliphatic carbocycles. The number of ether oxygens (including phenoxy) is 2. The summed E-state index contributed by atoms with van der Waals surface area (Å²) in [6, 6.07) is 4.41. The highest BCUT2D eigenvalue weighted by atomic mass is 31.2. The quantitative estimate of drug-likeness (QED) is 0.361. The molecular formula is C20H26F3O7P.